The van der Waals surface area contributed by atoms with Gasteiger partial charge in [0.1, 0.15) is 50.4 Å². The Kier molecular flexibility index (Phi) is 8.71. The van der Waals surface area contributed by atoms with Gasteiger partial charge < -0.3 is 8.98 Å². The third kappa shape index (κ3) is 5.96. The molecule has 282 valence electrons. The van der Waals surface area contributed by atoms with E-state index in [2.05, 4.69) is 177 Å². The molecule has 0 unspecified atom stereocenters. The summed E-state index contributed by atoms with van der Waals surface area (Å²) >= 11 is 0. The van der Waals surface area contributed by atoms with Crippen LogP contribution in [-0.4, -0.2) is 58.8 Å². The predicted molar refractivity (Wildman–Crippen MR) is 270 cm³/mol. The van der Waals surface area contributed by atoms with E-state index in [0.717, 1.165) is 66.5 Å². The van der Waals surface area contributed by atoms with Crippen molar-refractivity contribution in [1.29, 1.82) is 0 Å². The molecule has 11 aromatic rings. The van der Waals surface area contributed by atoms with E-state index < -0.39 is 0 Å². The van der Waals surface area contributed by atoms with Crippen molar-refractivity contribution >= 4 is 110 Å². The molecule has 0 aliphatic carbocycles. The number of benzene rings is 8. The Balaban J connectivity index is 1.12. The van der Waals surface area contributed by atoms with E-state index in [9.17, 15) is 0 Å². The molecule has 3 heterocycles. The largest absolute Gasteiger partial charge is 0.456 e. The van der Waals surface area contributed by atoms with Gasteiger partial charge >= 0.3 is 0 Å². The minimum Gasteiger partial charge on any atom is -0.456 e. The summed E-state index contributed by atoms with van der Waals surface area (Å²) in [5.41, 5.74) is 19.0. The topological polar surface area (TPSA) is 56.7 Å². The lowest BCUT2D eigenvalue weighted by Gasteiger charge is -2.20. The molecule has 0 bridgehead atoms. The van der Waals surface area contributed by atoms with Crippen LogP contribution in [-0.2, 0) is 0 Å². The van der Waals surface area contributed by atoms with Crippen LogP contribution in [0.4, 0.5) is 0 Å². The first-order valence-corrected chi connectivity index (χ1v) is 20.9. The highest BCUT2D eigenvalue weighted by Gasteiger charge is 2.22. The molecule has 0 N–H and O–H groups in total. The van der Waals surface area contributed by atoms with Crippen LogP contribution in [0.15, 0.2) is 168 Å². The summed E-state index contributed by atoms with van der Waals surface area (Å²) in [5.74, 6) is 1.82. The lowest BCUT2D eigenvalue weighted by atomic mass is 9.59. The Bertz CT molecular complexity index is 3520. The summed E-state index contributed by atoms with van der Waals surface area (Å²) < 4.78 is 9.02. The predicted octanol–water partition coefficient (Wildman–Crippen LogP) is 4.50. The molecule has 0 spiro atoms. The second kappa shape index (κ2) is 14.5. The van der Waals surface area contributed by atoms with Gasteiger partial charge in [-0.05, 0) is 70.8 Å². The molecule has 0 atom stereocenters. The molecule has 0 saturated carbocycles. The van der Waals surface area contributed by atoms with Crippen LogP contribution < -0.4 is 27.3 Å². The van der Waals surface area contributed by atoms with Crippen molar-refractivity contribution in [2.75, 3.05) is 0 Å². The van der Waals surface area contributed by atoms with Gasteiger partial charge in [-0.25, -0.2) is 15.0 Å². The molecule has 0 aliphatic heterocycles. The molecule has 0 amide bonds. The first kappa shape index (κ1) is 36.8. The van der Waals surface area contributed by atoms with Gasteiger partial charge in [-0.2, -0.15) is 0 Å². The van der Waals surface area contributed by atoms with Crippen LogP contribution in [0.2, 0.25) is 0 Å². The van der Waals surface area contributed by atoms with Crippen molar-refractivity contribution in [1.82, 2.24) is 19.5 Å². The van der Waals surface area contributed by atoms with Gasteiger partial charge in [0.2, 0.25) is 0 Å². The molecule has 0 aliphatic rings. The van der Waals surface area contributed by atoms with Crippen LogP contribution >= 0.6 is 0 Å². The van der Waals surface area contributed by atoms with Crippen LogP contribution in [0.5, 0.6) is 0 Å². The average Bonchev–Trinajstić information content (AvgIpc) is 3.87. The van der Waals surface area contributed by atoms with Crippen molar-refractivity contribution < 1.29 is 4.42 Å². The molecular formula is C51H37B5N4O. The van der Waals surface area contributed by atoms with E-state index >= 15 is 0 Å². The second-order valence-electron chi connectivity index (χ2n) is 16.1. The SMILES string of the molecule is Bc1c(B)c(B)c(-c2cccc(-c3nc(-c4ccccc4)nc(-c4cccc5oc6cccc(-c7ccc8c(c7)c7ccccc7n8-c7ccccc7)c6c45)n3)c2)c(B)c1B. The van der Waals surface area contributed by atoms with Gasteiger partial charge in [-0.15, -0.1) is 16.4 Å². The Labute approximate surface area is 358 Å². The minimum atomic E-state index is 0.591. The maximum Gasteiger partial charge on any atom is 0.164 e. The van der Waals surface area contributed by atoms with Crippen LogP contribution in [0.25, 0.3) is 106 Å². The summed E-state index contributed by atoms with van der Waals surface area (Å²) in [6.45, 7) is 0. The Hall–Kier alpha value is -7.31. The molecule has 0 fully saturated rings. The van der Waals surface area contributed by atoms with Gasteiger partial charge in [0.05, 0.1) is 11.0 Å². The molecule has 8 aromatic carbocycles. The number of furan rings is 1. The monoisotopic (exact) mass is 776 g/mol. The number of para-hydroxylation sites is 2. The van der Waals surface area contributed by atoms with Crippen molar-refractivity contribution in [2.24, 2.45) is 0 Å². The van der Waals surface area contributed by atoms with Crippen LogP contribution in [0, 0.1) is 0 Å². The van der Waals surface area contributed by atoms with E-state index in [1.807, 2.05) is 30.3 Å². The highest BCUT2D eigenvalue weighted by Crippen LogP contribution is 2.43. The molecule has 3 aromatic heterocycles. The lowest BCUT2D eigenvalue weighted by Crippen LogP contribution is -2.55. The van der Waals surface area contributed by atoms with Gasteiger partial charge in [-0.1, -0.05) is 126 Å². The summed E-state index contributed by atoms with van der Waals surface area (Å²) in [6.07, 6.45) is 0. The fourth-order valence-corrected chi connectivity index (χ4v) is 9.38. The molecular weight excluding hydrogens is 739 g/mol. The number of aromatic nitrogens is 4. The van der Waals surface area contributed by atoms with Crippen molar-refractivity contribution in [3.05, 3.63) is 164 Å². The molecule has 0 saturated heterocycles. The zero-order valence-corrected chi connectivity index (χ0v) is 34.8. The number of fused-ring (bicyclic) bond motifs is 6. The fourth-order valence-electron chi connectivity index (χ4n) is 9.38. The quantitative estimate of drug-likeness (QED) is 0.234. The standard InChI is InChI=1S/C51H37B5N4O/c52-44-41(45(53)47(55)48(56)46(44)54)30-14-9-15-31(26-30)50-57-49(28-12-3-1-4-13-28)58-51(59-50)35-20-11-23-40-43(35)42-33(19-10-22-39(42)61-40)29-24-25-38-36(27-29)34-18-7-8-21-37(34)60(38)32-16-5-2-6-17-32/h1-27H,52-56H2. The normalized spacial score (nSPS) is 11.6. The number of rotatable bonds is 6. The summed E-state index contributed by atoms with van der Waals surface area (Å²) in [5, 5.41) is 4.41. The maximum absolute atomic E-state index is 6.67. The second-order valence-corrected chi connectivity index (χ2v) is 16.1. The average molecular weight is 776 g/mol. The zero-order chi connectivity index (χ0) is 41.4. The number of hydrogen-bond donors (Lipinski definition) is 0. The first-order valence-electron chi connectivity index (χ1n) is 20.9. The van der Waals surface area contributed by atoms with E-state index in [0.29, 0.717) is 17.5 Å². The van der Waals surface area contributed by atoms with Crippen molar-refractivity contribution in [3.63, 3.8) is 0 Å². The number of nitrogens with zero attached hydrogens (tertiary/aromatic N) is 4. The van der Waals surface area contributed by atoms with E-state index in [4.69, 9.17) is 19.4 Å². The summed E-state index contributed by atoms with van der Waals surface area (Å²) in [6, 6.07) is 57.4. The Morgan fingerprint density at radius 1 is 0.377 bits per heavy atom. The molecule has 0 radical (unpaired) electrons. The zero-order valence-electron chi connectivity index (χ0n) is 34.8. The molecule has 11 rings (SSSR count). The van der Waals surface area contributed by atoms with Crippen molar-refractivity contribution in [3.8, 4) is 62.1 Å². The van der Waals surface area contributed by atoms with Crippen molar-refractivity contribution in [2.45, 2.75) is 0 Å². The van der Waals surface area contributed by atoms with Gasteiger partial charge in [0.15, 0.2) is 17.5 Å². The lowest BCUT2D eigenvalue weighted by molar-refractivity contribution is 0.669. The van der Waals surface area contributed by atoms with Gasteiger partial charge in [0.25, 0.3) is 0 Å². The Morgan fingerprint density at radius 2 is 0.918 bits per heavy atom. The summed E-state index contributed by atoms with van der Waals surface area (Å²) in [7, 11) is 11.1. The highest BCUT2D eigenvalue weighted by molar-refractivity contribution is 6.68. The van der Waals surface area contributed by atoms with Gasteiger partial charge in [-0.3, -0.25) is 0 Å². The molecule has 61 heavy (non-hydrogen) atoms. The van der Waals surface area contributed by atoms with Crippen LogP contribution in [0.1, 0.15) is 0 Å². The Morgan fingerprint density at radius 3 is 1.66 bits per heavy atom. The molecule has 5 nitrogen and oxygen atoms in total. The van der Waals surface area contributed by atoms with E-state index in [1.165, 1.54) is 49.2 Å². The number of hydrogen-bond acceptors (Lipinski definition) is 4. The summed E-state index contributed by atoms with van der Waals surface area (Å²) in [4.78, 5) is 15.7. The smallest absolute Gasteiger partial charge is 0.164 e. The first-order chi connectivity index (χ1) is 29.8. The minimum absolute atomic E-state index is 0.591. The van der Waals surface area contributed by atoms with Gasteiger partial charge in [0, 0.05) is 43.9 Å². The highest BCUT2D eigenvalue weighted by atomic mass is 16.3. The fraction of sp³-hybridized carbons (Fsp3) is 0. The third-order valence-corrected chi connectivity index (χ3v) is 12.8. The maximum atomic E-state index is 6.67. The van der Waals surface area contributed by atoms with Crippen LogP contribution in [0.3, 0.4) is 0 Å². The third-order valence-electron chi connectivity index (χ3n) is 12.8. The van der Waals surface area contributed by atoms with E-state index in [-0.39, 0.29) is 0 Å². The van der Waals surface area contributed by atoms with E-state index in [1.54, 1.807) is 0 Å². The molecule has 10 heteroatoms.